The molecule has 1 aromatic rings. The van der Waals surface area contributed by atoms with Crippen molar-refractivity contribution < 1.29 is 9.26 Å². The quantitative estimate of drug-likeness (QED) is 0.669. The Bertz CT molecular complexity index is 218. The molecule has 0 aliphatic carbocycles. The molecule has 0 saturated heterocycles. The van der Waals surface area contributed by atoms with Crippen LogP contribution in [0.3, 0.4) is 0 Å². The van der Waals surface area contributed by atoms with Crippen molar-refractivity contribution in [2.45, 2.75) is 26.4 Å². The predicted octanol–water partition coefficient (Wildman–Crippen LogP) is 1.94. The lowest BCUT2D eigenvalue weighted by Crippen LogP contribution is -1.85. The van der Waals surface area contributed by atoms with Gasteiger partial charge in [-0.15, -0.1) is 0 Å². The Kier molecular flexibility index (Phi) is 2.65. The average Bonchev–Trinajstić information content (AvgIpc) is 2.37. The van der Waals surface area contributed by atoms with Crippen molar-refractivity contribution >= 4 is 0 Å². The molecule has 1 rings (SSSR count). The van der Waals surface area contributed by atoms with Crippen LogP contribution in [0.25, 0.3) is 0 Å². The minimum atomic E-state index is 0.396. The monoisotopic (exact) mass is 155 g/mol. The molecule has 3 heteroatoms. The Morgan fingerprint density at radius 1 is 1.64 bits per heavy atom. The third-order valence-electron chi connectivity index (χ3n) is 1.44. The zero-order valence-electron chi connectivity index (χ0n) is 7.13. The van der Waals surface area contributed by atoms with Gasteiger partial charge in [0.2, 0.25) is 0 Å². The molecule has 62 valence electrons. The van der Waals surface area contributed by atoms with E-state index in [1.807, 2.05) is 6.07 Å². The topological polar surface area (TPSA) is 35.3 Å². The van der Waals surface area contributed by atoms with E-state index in [4.69, 9.17) is 9.26 Å². The first-order valence-corrected chi connectivity index (χ1v) is 3.68. The van der Waals surface area contributed by atoms with Gasteiger partial charge < -0.3 is 9.26 Å². The standard InChI is InChI=1S/C8H13NO2/c1-6(2)8-4-7(5-10-3)9-11-8/h4,6H,5H2,1-3H3. The van der Waals surface area contributed by atoms with Crippen molar-refractivity contribution in [1.82, 2.24) is 5.16 Å². The maximum absolute atomic E-state index is 5.05. The summed E-state index contributed by atoms with van der Waals surface area (Å²) in [5.41, 5.74) is 0.858. The fraction of sp³-hybridized carbons (Fsp3) is 0.625. The van der Waals surface area contributed by atoms with Gasteiger partial charge in [0.25, 0.3) is 0 Å². The Morgan fingerprint density at radius 3 is 2.82 bits per heavy atom. The van der Waals surface area contributed by atoms with E-state index in [9.17, 15) is 0 Å². The fourth-order valence-corrected chi connectivity index (χ4v) is 0.816. The van der Waals surface area contributed by atoms with Crippen LogP contribution in [0.2, 0.25) is 0 Å². The van der Waals surface area contributed by atoms with Crippen LogP contribution in [0.15, 0.2) is 10.6 Å². The van der Waals surface area contributed by atoms with Gasteiger partial charge in [-0.1, -0.05) is 19.0 Å². The maximum Gasteiger partial charge on any atom is 0.139 e. The highest BCUT2D eigenvalue weighted by Crippen LogP contribution is 2.14. The third kappa shape index (κ3) is 2.05. The number of nitrogens with zero attached hydrogens (tertiary/aromatic N) is 1. The SMILES string of the molecule is COCc1cc(C(C)C)on1. The molecular formula is C8H13NO2. The van der Waals surface area contributed by atoms with E-state index in [0.717, 1.165) is 11.5 Å². The Balaban J connectivity index is 2.66. The van der Waals surface area contributed by atoms with Crippen molar-refractivity contribution in [2.75, 3.05) is 7.11 Å². The summed E-state index contributed by atoms with van der Waals surface area (Å²) in [7, 11) is 1.64. The highest BCUT2D eigenvalue weighted by atomic mass is 16.5. The third-order valence-corrected chi connectivity index (χ3v) is 1.44. The van der Waals surface area contributed by atoms with Gasteiger partial charge in [-0.2, -0.15) is 0 Å². The molecular weight excluding hydrogens is 142 g/mol. The average molecular weight is 155 g/mol. The molecule has 0 radical (unpaired) electrons. The van der Waals surface area contributed by atoms with Crippen molar-refractivity contribution in [3.05, 3.63) is 17.5 Å². The summed E-state index contributed by atoms with van der Waals surface area (Å²) in [6, 6.07) is 1.92. The van der Waals surface area contributed by atoms with E-state index in [0.29, 0.717) is 12.5 Å². The number of methoxy groups -OCH3 is 1. The van der Waals surface area contributed by atoms with E-state index in [1.54, 1.807) is 7.11 Å². The first-order valence-electron chi connectivity index (χ1n) is 3.68. The summed E-state index contributed by atoms with van der Waals surface area (Å²) in [4.78, 5) is 0. The Morgan fingerprint density at radius 2 is 2.36 bits per heavy atom. The molecule has 3 nitrogen and oxygen atoms in total. The van der Waals surface area contributed by atoms with Crippen molar-refractivity contribution in [2.24, 2.45) is 0 Å². The molecule has 0 atom stereocenters. The first-order chi connectivity index (χ1) is 5.24. The van der Waals surface area contributed by atoms with Crippen LogP contribution in [-0.2, 0) is 11.3 Å². The first kappa shape index (κ1) is 8.27. The lowest BCUT2D eigenvalue weighted by molar-refractivity contribution is 0.177. The molecule has 0 unspecified atom stereocenters. The molecule has 0 saturated carbocycles. The normalized spacial score (nSPS) is 10.9. The van der Waals surface area contributed by atoms with Crippen LogP contribution >= 0.6 is 0 Å². The van der Waals surface area contributed by atoms with E-state index < -0.39 is 0 Å². The second kappa shape index (κ2) is 3.53. The maximum atomic E-state index is 5.05. The smallest absolute Gasteiger partial charge is 0.139 e. The van der Waals surface area contributed by atoms with Gasteiger partial charge in [-0.25, -0.2) is 0 Å². The van der Waals surface area contributed by atoms with E-state index >= 15 is 0 Å². The minimum absolute atomic E-state index is 0.396. The van der Waals surface area contributed by atoms with Crippen LogP contribution in [0.1, 0.15) is 31.2 Å². The Labute approximate surface area is 66.3 Å². The van der Waals surface area contributed by atoms with Crippen LogP contribution in [0.4, 0.5) is 0 Å². The lowest BCUT2D eigenvalue weighted by atomic mass is 10.1. The fourth-order valence-electron chi connectivity index (χ4n) is 0.816. The molecule has 11 heavy (non-hydrogen) atoms. The van der Waals surface area contributed by atoms with Crippen molar-refractivity contribution in [1.29, 1.82) is 0 Å². The van der Waals surface area contributed by atoms with Gasteiger partial charge in [-0.3, -0.25) is 0 Å². The molecule has 0 aliphatic rings. The number of hydrogen-bond donors (Lipinski definition) is 0. The Hall–Kier alpha value is -0.830. The molecule has 0 aromatic carbocycles. The summed E-state index contributed by atoms with van der Waals surface area (Å²) in [5, 5.41) is 3.83. The summed E-state index contributed by atoms with van der Waals surface area (Å²) in [6.45, 7) is 4.66. The predicted molar refractivity (Wildman–Crippen MR) is 41.3 cm³/mol. The summed E-state index contributed by atoms with van der Waals surface area (Å²) in [5.74, 6) is 1.31. The second-order valence-corrected chi connectivity index (χ2v) is 2.81. The van der Waals surface area contributed by atoms with Crippen LogP contribution in [0.5, 0.6) is 0 Å². The van der Waals surface area contributed by atoms with E-state index in [2.05, 4.69) is 19.0 Å². The molecule has 0 fully saturated rings. The molecule has 0 aliphatic heterocycles. The molecule has 0 bridgehead atoms. The lowest BCUT2D eigenvalue weighted by Gasteiger charge is -1.93. The van der Waals surface area contributed by atoms with Crippen molar-refractivity contribution in [3.8, 4) is 0 Å². The zero-order valence-corrected chi connectivity index (χ0v) is 7.13. The highest BCUT2D eigenvalue weighted by molar-refractivity contribution is 5.07. The second-order valence-electron chi connectivity index (χ2n) is 2.81. The molecule has 1 heterocycles. The van der Waals surface area contributed by atoms with E-state index in [1.165, 1.54) is 0 Å². The van der Waals surface area contributed by atoms with Gasteiger partial charge in [-0.05, 0) is 0 Å². The van der Waals surface area contributed by atoms with Gasteiger partial charge in [0.05, 0.1) is 6.61 Å². The summed E-state index contributed by atoms with van der Waals surface area (Å²) >= 11 is 0. The molecule has 1 aromatic heterocycles. The molecule has 0 amide bonds. The van der Waals surface area contributed by atoms with Crippen LogP contribution < -0.4 is 0 Å². The molecule has 0 spiro atoms. The number of ether oxygens (including phenoxy) is 1. The number of rotatable bonds is 3. The van der Waals surface area contributed by atoms with E-state index in [-0.39, 0.29) is 0 Å². The number of aromatic nitrogens is 1. The van der Waals surface area contributed by atoms with Gasteiger partial charge in [0.15, 0.2) is 0 Å². The van der Waals surface area contributed by atoms with Crippen LogP contribution in [0, 0.1) is 0 Å². The van der Waals surface area contributed by atoms with Gasteiger partial charge >= 0.3 is 0 Å². The van der Waals surface area contributed by atoms with Gasteiger partial charge in [0.1, 0.15) is 11.5 Å². The number of hydrogen-bond acceptors (Lipinski definition) is 3. The largest absolute Gasteiger partial charge is 0.378 e. The minimum Gasteiger partial charge on any atom is -0.378 e. The summed E-state index contributed by atoms with van der Waals surface area (Å²) < 4.78 is 9.95. The zero-order chi connectivity index (χ0) is 8.27. The molecule has 0 N–H and O–H groups in total. The van der Waals surface area contributed by atoms with Crippen LogP contribution in [-0.4, -0.2) is 12.3 Å². The van der Waals surface area contributed by atoms with Crippen molar-refractivity contribution in [3.63, 3.8) is 0 Å². The highest BCUT2D eigenvalue weighted by Gasteiger charge is 2.06. The summed E-state index contributed by atoms with van der Waals surface area (Å²) in [6.07, 6.45) is 0. The van der Waals surface area contributed by atoms with Gasteiger partial charge in [0, 0.05) is 19.1 Å².